The Morgan fingerprint density at radius 3 is 2.37 bits per heavy atom. The molecule has 5 N–H and O–H groups in total. The molecule has 2 aliphatic heterocycles. The molecule has 0 spiro atoms. The van der Waals surface area contributed by atoms with Crippen molar-refractivity contribution in [1.82, 2.24) is 30.7 Å². The Morgan fingerprint density at radius 1 is 0.913 bits per heavy atom. The van der Waals surface area contributed by atoms with Gasteiger partial charge in [-0.15, -0.1) is 0 Å². The summed E-state index contributed by atoms with van der Waals surface area (Å²) in [5.74, 6) is -2.42. The molecular formula is C34H42N6O6. The van der Waals surface area contributed by atoms with Crippen LogP contribution in [-0.4, -0.2) is 99.8 Å². The SMILES string of the molecule is CC(C)(C)C(=O)N1CCNC(=O)[C@H](Cc2ccccc2)NC(=O)[C@@H]2C[C@@H](O)CN2C(=O)[C@@H](Cc2c[nH]c3ccccc23)NC(=O)C1. The predicted octanol–water partition coefficient (Wildman–Crippen LogP) is 0.889. The molecule has 0 aliphatic carbocycles. The summed E-state index contributed by atoms with van der Waals surface area (Å²) in [7, 11) is 0. The highest BCUT2D eigenvalue weighted by molar-refractivity contribution is 5.96. The summed E-state index contributed by atoms with van der Waals surface area (Å²) in [5, 5.41) is 20.0. The van der Waals surface area contributed by atoms with Crippen molar-refractivity contribution in [3.63, 3.8) is 0 Å². The molecule has 3 aromatic rings. The lowest BCUT2D eigenvalue weighted by atomic mass is 9.94. The number of amides is 5. The van der Waals surface area contributed by atoms with E-state index in [0.29, 0.717) is 0 Å². The quantitative estimate of drug-likeness (QED) is 0.288. The third kappa shape index (κ3) is 7.56. The first kappa shape index (κ1) is 32.7. The van der Waals surface area contributed by atoms with Gasteiger partial charge in [-0.05, 0) is 17.2 Å². The van der Waals surface area contributed by atoms with Gasteiger partial charge < -0.3 is 35.8 Å². The fourth-order valence-electron chi connectivity index (χ4n) is 6.13. The topological polar surface area (TPSA) is 164 Å². The molecule has 1 aromatic heterocycles. The van der Waals surface area contributed by atoms with E-state index in [1.54, 1.807) is 27.0 Å². The Hall–Kier alpha value is -4.71. The maximum absolute atomic E-state index is 14.2. The molecule has 5 amide bonds. The standard InChI is InChI=1S/C34H42N6O6/c1-34(2,3)33(46)39-14-13-35-30(43)26(15-21-9-5-4-6-10-21)38-31(44)28-17-23(41)19-40(28)32(45)27(37-29(42)20-39)16-22-18-36-25-12-8-7-11-24(22)25/h4-12,18,23,26-28,36,41H,13-17,19-20H2,1-3H3,(H,35,43)(H,37,42)(H,38,44)/t23-,26+,27-,28+/m1/s1. The molecule has 4 atom stereocenters. The molecule has 2 fully saturated rings. The molecule has 46 heavy (non-hydrogen) atoms. The Labute approximate surface area is 267 Å². The van der Waals surface area contributed by atoms with Gasteiger partial charge in [0.2, 0.25) is 29.5 Å². The molecular weight excluding hydrogens is 588 g/mol. The summed E-state index contributed by atoms with van der Waals surface area (Å²) in [6.07, 6.45) is 1.10. The second-order valence-corrected chi connectivity index (χ2v) is 13.1. The largest absolute Gasteiger partial charge is 0.391 e. The summed E-state index contributed by atoms with van der Waals surface area (Å²) >= 11 is 0. The lowest BCUT2D eigenvalue weighted by Gasteiger charge is -2.31. The van der Waals surface area contributed by atoms with E-state index in [1.165, 1.54) is 9.80 Å². The van der Waals surface area contributed by atoms with E-state index in [2.05, 4.69) is 20.9 Å². The average molecular weight is 631 g/mol. The van der Waals surface area contributed by atoms with Gasteiger partial charge >= 0.3 is 0 Å². The number of nitrogens with one attached hydrogen (secondary N) is 4. The van der Waals surface area contributed by atoms with Crippen LogP contribution >= 0.6 is 0 Å². The number of aromatic amines is 1. The van der Waals surface area contributed by atoms with Crippen molar-refractivity contribution in [2.45, 2.75) is 64.3 Å². The van der Waals surface area contributed by atoms with Crippen LogP contribution in [0.5, 0.6) is 0 Å². The van der Waals surface area contributed by atoms with Crippen LogP contribution in [0, 0.1) is 5.41 Å². The normalized spacial score (nSPS) is 23.7. The first-order valence-corrected chi connectivity index (χ1v) is 15.6. The van der Waals surface area contributed by atoms with Crippen molar-refractivity contribution < 1.29 is 29.1 Å². The molecule has 0 saturated carbocycles. The van der Waals surface area contributed by atoms with Gasteiger partial charge in [0.1, 0.15) is 18.1 Å². The molecule has 0 unspecified atom stereocenters. The first-order chi connectivity index (χ1) is 21.9. The highest BCUT2D eigenvalue weighted by Gasteiger charge is 2.43. The monoisotopic (exact) mass is 630 g/mol. The summed E-state index contributed by atoms with van der Waals surface area (Å²) in [4.78, 5) is 74.2. The van der Waals surface area contributed by atoms with E-state index in [4.69, 9.17) is 0 Å². The van der Waals surface area contributed by atoms with Crippen LogP contribution in [0.25, 0.3) is 10.9 Å². The van der Waals surface area contributed by atoms with Gasteiger partial charge in [0.05, 0.1) is 12.6 Å². The van der Waals surface area contributed by atoms with Crippen molar-refractivity contribution >= 4 is 40.4 Å². The average Bonchev–Trinajstić information content (AvgIpc) is 3.62. The number of hydrogen-bond acceptors (Lipinski definition) is 6. The minimum Gasteiger partial charge on any atom is -0.391 e. The zero-order chi connectivity index (χ0) is 33.0. The molecule has 244 valence electrons. The van der Waals surface area contributed by atoms with Crippen molar-refractivity contribution in [2.24, 2.45) is 5.41 Å². The van der Waals surface area contributed by atoms with Gasteiger partial charge in [-0.1, -0.05) is 69.3 Å². The van der Waals surface area contributed by atoms with Gasteiger partial charge in [0.25, 0.3) is 0 Å². The van der Waals surface area contributed by atoms with E-state index < -0.39 is 53.3 Å². The molecule has 12 nitrogen and oxygen atoms in total. The van der Waals surface area contributed by atoms with Crippen molar-refractivity contribution in [2.75, 3.05) is 26.2 Å². The van der Waals surface area contributed by atoms with Crippen LogP contribution in [0.1, 0.15) is 38.3 Å². The lowest BCUT2D eigenvalue weighted by molar-refractivity contribution is -0.144. The molecule has 5 rings (SSSR count). The first-order valence-electron chi connectivity index (χ1n) is 15.6. The van der Waals surface area contributed by atoms with Crippen LogP contribution < -0.4 is 16.0 Å². The number of H-pyrrole nitrogens is 1. The number of rotatable bonds is 4. The Morgan fingerprint density at radius 2 is 1.63 bits per heavy atom. The second-order valence-electron chi connectivity index (χ2n) is 13.1. The third-order valence-corrected chi connectivity index (χ3v) is 8.46. The van der Waals surface area contributed by atoms with Crippen molar-refractivity contribution in [3.05, 3.63) is 71.9 Å². The van der Waals surface area contributed by atoms with Gasteiger partial charge in [-0.3, -0.25) is 24.0 Å². The minimum atomic E-state index is -1.09. The van der Waals surface area contributed by atoms with Crippen LogP contribution in [-0.2, 0) is 36.8 Å². The fraction of sp³-hybridized carbons (Fsp3) is 0.441. The van der Waals surface area contributed by atoms with Crippen LogP contribution in [0.2, 0.25) is 0 Å². The predicted molar refractivity (Wildman–Crippen MR) is 171 cm³/mol. The minimum absolute atomic E-state index is 0.0150. The molecule has 0 bridgehead atoms. The third-order valence-electron chi connectivity index (χ3n) is 8.46. The number of aromatic nitrogens is 1. The highest BCUT2D eigenvalue weighted by Crippen LogP contribution is 2.24. The zero-order valence-electron chi connectivity index (χ0n) is 26.4. The lowest BCUT2D eigenvalue weighted by Crippen LogP contribution is -2.57. The number of carbonyl (C=O) groups excluding carboxylic acids is 5. The Bertz CT molecular complexity index is 1600. The number of fused-ring (bicyclic) bond motifs is 2. The van der Waals surface area contributed by atoms with Gasteiger partial charge in [-0.25, -0.2) is 0 Å². The summed E-state index contributed by atoms with van der Waals surface area (Å²) < 4.78 is 0. The molecule has 3 heterocycles. The molecule has 12 heteroatoms. The number of hydrogen-bond donors (Lipinski definition) is 5. The number of nitrogens with zero attached hydrogens (tertiary/aromatic N) is 2. The maximum Gasteiger partial charge on any atom is 0.246 e. The maximum atomic E-state index is 14.2. The van der Waals surface area contributed by atoms with Crippen molar-refractivity contribution in [1.29, 1.82) is 0 Å². The van der Waals surface area contributed by atoms with E-state index >= 15 is 0 Å². The fourth-order valence-corrected chi connectivity index (χ4v) is 6.13. The molecule has 2 aliphatic rings. The molecule has 2 saturated heterocycles. The summed E-state index contributed by atoms with van der Waals surface area (Å²) in [6.45, 7) is 4.88. The number of carbonyl (C=O) groups is 5. The van der Waals surface area contributed by atoms with Crippen molar-refractivity contribution in [3.8, 4) is 0 Å². The highest BCUT2D eigenvalue weighted by atomic mass is 16.3. The van der Waals surface area contributed by atoms with E-state index in [9.17, 15) is 29.1 Å². The molecule has 0 radical (unpaired) electrons. The summed E-state index contributed by atoms with van der Waals surface area (Å²) in [5.41, 5.74) is 1.66. The van der Waals surface area contributed by atoms with Crippen LogP contribution in [0.4, 0.5) is 0 Å². The van der Waals surface area contributed by atoms with Crippen LogP contribution in [0.15, 0.2) is 60.8 Å². The Balaban J connectivity index is 1.50. The van der Waals surface area contributed by atoms with E-state index in [1.807, 2.05) is 54.6 Å². The van der Waals surface area contributed by atoms with Gasteiger partial charge in [0, 0.05) is 61.4 Å². The van der Waals surface area contributed by atoms with Crippen LogP contribution in [0.3, 0.4) is 0 Å². The Kier molecular flexibility index (Phi) is 9.76. The number of aliphatic hydroxyl groups excluding tert-OH is 1. The van der Waals surface area contributed by atoms with Gasteiger partial charge in [-0.2, -0.15) is 0 Å². The zero-order valence-corrected chi connectivity index (χ0v) is 26.4. The smallest absolute Gasteiger partial charge is 0.246 e. The number of benzene rings is 2. The van der Waals surface area contributed by atoms with E-state index in [0.717, 1.165) is 22.0 Å². The van der Waals surface area contributed by atoms with E-state index in [-0.39, 0.29) is 51.3 Å². The number of para-hydroxylation sites is 1. The summed E-state index contributed by atoms with van der Waals surface area (Å²) in [6, 6.07) is 13.7. The second kappa shape index (κ2) is 13.7. The molecule has 2 aromatic carbocycles. The number of aliphatic hydroxyl groups is 1. The van der Waals surface area contributed by atoms with Gasteiger partial charge in [0.15, 0.2) is 0 Å².